The fourth-order valence-electron chi connectivity index (χ4n) is 1.77. The number of nitrogens with zero attached hydrogens (tertiary/aromatic N) is 2. The van der Waals surface area contributed by atoms with Gasteiger partial charge in [0.15, 0.2) is 0 Å². The van der Waals surface area contributed by atoms with Crippen LogP contribution >= 0.6 is 11.6 Å². The van der Waals surface area contributed by atoms with Crippen molar-refractivity contribution in [1.29, 1.82) is 0 Å². The Morgan fingerprint density at radius 1 is 1.28 bits per heavy atom. The Labute approximate surface area is 115 Å². The Morgan fingerprint density at radius 3 is 2.50 bits per heavy atom. The summed E-state index contributed by atoms with van der Waals surface area (Å²) in [5.41, 5.74) is 0.725. The lowest BCUT2D eigenvalue weighted by atomic mass is 10.3. The molecule has 6 heteroatoms. The zero-order valence-corrected chi connectivity index (χ0v) is 13.5. The molecule has 0 bridgehead atoms. The molecule has 18 heavy (non-hydrogen) atoms. The Bertz CT molecular complexity index is 332. The summed E-state index contributed by atoms with van der Waals surface area (Å²) in [5, 5.41) is 0. The standard InChI is InChI=1S/C12H23ClN2O2Si/c1-5-16-11-7-14-12(17-6-2)10(15-11)8-18(3,4)9-13/h10H,5-9H2,1-4H3/t10-/m0/s1. The monoisotopic (exact) mass is 290 g/mol. The molecule has 104 valence electrons. The van der Waals surface area contributed by atoms with Crippen molar-refractivity contribution in [1.82, 2.24) is 0 Å². The second-order valence-electron chi connectivity index (χ2n) is 5.06. The first kappa shape index (κ1) is 15.5. The number of ether oxygens (including phenoxy) is 2. The first-order valence-corrected chi connectivity index (χ1v) is 10.4. The van der Waals surface area contributed by atoms with Gasteiger partial charge in [-0.05, 0) is 19.9 Å². The van der Waals surface area contributed by atoms with Crippen LogP contribution in [0.15, 0.2) is 9.98 Å². The van der Waals surface area contributed by atoms with Gasteiger partial charge in [-0.3, -0.25) is 0 Å². The summed E-state index contributed by atoms with van der Waals surface area (Å²) >= 11 is 6.04. The second kappa shape index (κ2) is 7.14. The van der Waals surface area contributed by atoms with E-state index in [1.807, 2.05) is 13.8 Å². The maximum absolute atomic E-state index is 6.04. The summed E-state index contributed by atoms with van der Waals surface area (Å²) in [6, 6.07) is 0.937. The van der Waals surface area contributed by atoms with Crippen molar-refractivity contribution in [2.24, 2.45) is 9.98 Å². The third-order valence-electron chi connectivity index (χ3n) is 2.67. The summed E-state index contributed by atoms with van der Waals surface area (Å²) in [6.07, 6.45) is 0. The maximum Gasteiger partial charge on any atom is 0.209 e. The highest BCUT2D eigenvalue weighted by Gasteiger charge is 2.30. The van der Waals surface area contributed by atoms with Gasteiger partial charge in [0.2, 0.25) is 11.8 Å². The predicted octanol–water partition coefficient (Wildman–Crippen LogP) is 2.73. The Kier molecular flexibility index (Phi) is 6.15. The van der Waals surface area contributed by atoms with Gasteiger partial charge in [0, 0.05) is 5.50 Å². The highest BCUT2D eigenvalue weighted by molar-refractivity contribution is 6.83. The zero-order chi connectivity index (χ0) is 13.6. The molecule has 0 aromatic heterocycles. The SMILES string of the molecule is CCOC1=N[C@@H](C[Si](C)(C)CCl)C(OCC)=NC1. The highest BCUT2D eigenvalue weighted by atomic mass is 35.5. The predicted molar refractivity (Wildman–Crippen MR) is 79.8 cm³/mol. The molecule has 0 aromatic carbocycles. The van der Waals surface area contributed by atoms with Crippen molar-refractivity contribution in [2.45, 2.75) is 39.0 Å². The number of halogens is 1. The number of aliphatic imine (C=N–C) groups is 2. The molecule has 1 aliphatic rings. The minimum atomic E-state index is -1.45. The van der Waals surface area contributed by atoms with Gasteiger partial charge >= 0.3 is 0 Å². The fraction of sp³-hybridized carbons (Fsp3) is 0.833. The van der Waals surface area contributed by atoms with Crippen LogP contribution in [0.25, 0.3) is 0 Å². The average molecular weight is 291 g/mol. The summed E-state index contributed by atoms with van der Waals surface area (Å²) in [7, 11) is -1.45. The van der Waals surface area contributed by atoms with Crippen LogP contribution in [-0.2, 0) is 9.47 Å². The van der Waals surface area contributed by atoms with E-state index in [2.05, 4.69) is 23.1 Å². The Hall–Kier alpha value is -0.553. The van der Waals surface area contributed by atoms with E-state index in [1.165, 1.54) is 0 Å². The van der Waals surface area contributed by atoms with E-state index in [4.69, 9.17) is 21.1 Å². The third-order valence-corrected chi connectivity index (χ3v) is 7.05. The smallest absolute Gasteiger partial charge is 0.209 e. The van der Waals surface area contributed by atoms with E-state index >= 15 is 0 Å². The van der Waals surface area contributed by atoms with Crippen LogP contribution in [0.5, 0.6) is 0 Å². The number of hydrogen-bond donors (Lipinski definition) is 0. The quantitative estimate of drug-likeness (QED) is 0.577. The summed E-state index contributed by atoms with van der Waals surface area (Å²) in [5.74, 6) is 1.46. The van der Waals surface area contributed by atoms with Crippen molar-refractivity contribution in [3.63, 3.8) is 0 Å². The maximum atomic E-state index is 6.04. The lowest BCUT2D eigenvalue weighted by Gasteiger charge is -2.27. The normalized spacial score (nSPS) is 20.2. The number of hydrogen-bond acceptors (Lipinski definition) is 4. The van der Waals surface area contributed by atoms with Gasteiger partial charge in [-0.2, -0.15) is 0 Å². The van der Waals surface area contributed by atoms with Crippen LogP contribution in [-0.4, -0.2) is 51.2 Å². The van der Waals surface area contributed by atoms with Gasteiger partial charge in [0.05, 0.1) is 21.3 Å². The molecule has 0 unspecified atom stereocenters. The molecule has 0 aliphatic carbocycles. The molecule has 0 spiro atoms. The van der Waals surface area contributed by atoms with Crippen molar-refractivity contribution >= 4 is 31.5 Å². The summed E-state index contributed by atoms with van der Waals surface area (Å²) in [6.45, 7) is 10.2. The molecule has 1 rings (SSSR count). The lowest BCUT2D eigenvalue weighted by Crippen LogP contribution is -2.39. The van der Waals surface area contributed by atoms with Crippen LogP contribution in [0.1, 0.15) is 13.8 Å². The topological polar surface area (TPSA) is 43.2 Å². The van der Waals surface area contributed by atoms with E-state index in [0.717, 1.165) is 17.4 Å². The first-order chi connectivity index (χ1) is 8.52. The van der Waals surface area contributed by atoms with Crippen LogP contribution < -0.4 is 0 Å². The molecule has 0 saturated carbocycles. The van der Waals surface area contributed by atoms with Gasteiger partial charge in [0.25, 0.3) is 0 Å². The molecule has 0 fully saturated rings. The Balaban J connectivity index is 2.77. The van der Waals surface area contributed by atoms with Gasteiger partial charge in [0.1, 0.15) is 12.6 Å². The van der Waals surface area contributed by atoms with E-state index in [0.29, 0.717) is 25.7 Å². The minimum absolute atomic E-state index is 0.0133. The molecule has 0 radical (unpaired) electrons. The van der Waals surface area contributed by atoms with E-state index < -0.39 is 8.07 Å². The van der Waals surface area contributed by atoms with Crippen LogP contribution in [0.4, 0.5) is 0 Å². The highest BCUT2D eigenvalue weighted by Crippen LogP contribution is 2.20. The molecular formula is C12H23ClN2O2Si. The second-order valence-corrected chi connectivity index (χ2v) is 10.9. The van der Waals surface area contributed by atoms with E-state index in [-0.39, 0.29) is 6.04 Å². The van der Waals surface area contributed by atoms with E-state index in [1.54, 1.807) is 0 Å². The average Bonchev–Trinajstić information content (AvgIpc) is 2.33. The third kappa shape index (κ3) is 4.61. The van der Waals surface area contributed by atoms with Crippen molar-refractivity contribution in [2.75, 3.05) is 25.3 Å². The molecule has 1 atom stereocenters. The van der Waals surface area contributed by atoms with Gasteiger partial charge in [-0.25, -0.2) is 9.98 Å². The molecule has 4 nitrogen and oxygen atoms in total. The first-order valence-electron chi connectivity index (χ1n) is 6.45. The molecule has 0 amide bonds. The molecule has 0 N–H and O–H groups in total. The van der Waals surface area contributed by atoms with Crippen molar-refractivity contribution in [3.8, 4) is 0 Å². The van der Waals surface area contributed by atoms with Gasteiger partial charge in [-0.1, -0.05) is 13.1 Å². The summed E-state index contributed by atoms with van der Waals surface area (Å²) < 4.78 is 11.0. The largest absolute Gasteiger partial charge is 0.480 e. The molecule has 1 aliphatic heterocycles. The number of rotatable bonds is 5. The Morgan fingerprint density at radius 2 is 1.94 bits per heavy atom. The van der Waals surface area contributed by atoms with Crippen molar-refractivity contribution < 1.29 is 9.47 Å². The minimum Gasteiger partial charge on any atom is -0.480 e. The van der Waals surface area contributed by atoms with Crippen molar-refractivity contribution in [3.05, 3.63) is 0 Å². The lowest BCUT2D eigenvalue weighted by molar-refractivity contribution is 0.296. The number of alkyl halides is 1. The molecular weight excluding hydrogens is 268 g/mol. The van der Waals surface area contributed by atoms with Gasteiger partial charge < -0.3 is 9.47 Å². The summed E-state index contributed by atoms with van der Waals surface area (Å²) in [4.78, 5) is 9.06. The van der Waals surface area contributed by atoms with Crippen LogP contribution in [0, 0.1) is 0 Å². The molecule has 1 heterocycles. The van der Waals surface area contributed by atoms with Crippen LogP contribution in [0.3, 0.4) is 0 Å². The zero-order valence-electron chi connectivity index (χ0n) is 11.7. The van der Waals surface area contributed by atoms with E-state index in [9.17, 15) is 0 Å². The fourth-order valence-corrected chi connectivity index (χ4v) is 3.52. The van der Waals surface area contributed by atoms with Crippen LogP contribution in [0.2, 0.25) is 19.1 Å². The van der Waals surface area contributed by atoms with Gasteiger partial charge in [-0.15, -0.1) is 11.6 Å². The molecule has 0 saturated heterocycles. The molecule has 0 aromatic rings.